The molecule has 4 aliphatic carbocycles. The van der Waals surface area contributed by atoms with E-state index >= 15 is 0 Å². The molecule has 0 saturated heterocycles. The highest BCUT2D eigenvalue weighted by Crippen LogP contribution is 2.61. The van der Waals surface area contributed by atoms with Crippen LogP contribution in [0.4, 0.5) is 0 Å². The molecule has 8 atom stereocenters. The third kappa shape index (κ3) is 5.55. The van der Waals surface area contributed by atoms with Crippen LogP contribution in [0.25, 0.3) is 0 Å². The number of aliphatic hydroxyl groups is 1. The van der Waals surface area contributed by atoms with Crippen LogP contribution in [-0.4, -0.2) is 52.3 Å². The summed E-state index contributed by atoms with van der Waals surface area (Å²) in [7, 11) is -2.24. The van der Waals surface area contributed by atoms with Crippen molar-refractivity contribution >= 4 is 16.6 Å². The van der Waals surface area contributed by atoms with Gasteiger partial charge in [-0.05, 0) is 92.5 Å². The summed E-state index contributed by atoms with van der Waals surface area (Å²) in [6.07, 6.45) is 9.18. The molecular weight excluding hydrogens is 517 g/mol. The topological polar surface area (TPSA) is 47.9 Å². The Morgan fingerprint density at radius 2 is 1.59 bits per heavy atom. The van der Waals surface area contributed by atoms with Gasteiger partial charge in [0.05, 0.1) is 12.0 Å². The monoisotopic (exact) mass is 574 g/mol. The van der Waals surface area contributed by atoms with Crippen molar-refractivity contribution in [2.75, 3.05) is 7.11 Å². The van der Waals surface area contributed by atoms with Gasteiger partial charge < -0.3 is 18.7 Å². The molecule has 1 N–H and O–H groups in total. The molecule has 0 heterocycles. The SMILES string of the molecule is C=CC1(O)C[C@@H]2[C@@H](C#C[C@H](CC3C4CCCC43)O[Si](C)(C)C(C)(C)C)[C@H](O[Si](C)(C)C(C)(C)C)CC[C@@]21OC. The predicted molar refractivity (Wildman–Crippen MR) is 167 cm³/mol. The highest BCUT2D eigenvalue weighted by molar-refractivity contribution is 6.74. The second-order valence-electron chi connectivity index (χ2n) is 16.3. The van der Waals surface area contributed by atoms with E-state index in [1.54, 1.807) is 13.2 Å². The number of hydrogen-bond donors (Lipinski definition) is 1. The summed E-state index contributed by atoms with van der Waals surface area (Å²) < 4.78 is 20.3. The molecule has 0 radical (unpaired) electrons. The van der Waals surface area contributed by atoms with Gasteiger partial charge in [-0.3, -0.25) is 0 Å². The van der Waals surface area contributed by atoms with E-state index in [9.17, 15) is 5.11 Å². The van der Waals surface area contributed by atoms with Gasteiger partial charge in [-0.25, -0.2) is 0 Å². The molecule has 39 heavy (non-hydrogen) atoms. The van der Waals surface area contributed by atoms with Gasteiger partial charge in [-0.2, -0.15) is 0 Å². The molecule has 0 aromatic heterocycles. The average Bonchev–Trinajstić information content (AvgIpc) is 3.21. The molecule has 0 amide bonds. The summed E-state index contributed by atoms with van der Waals surface area (Å²) in [6.45, 7) is 27.2. The molecule has 222 valence electrons. The first kappa shape index (κ1) is 31.5. The van der Waals surface area contributed by atoms with E-state index in [0.717, 1.165) is 37.0 Å². The second kappa shape index (κ2) is 10.4. The molecule has 4 aliphatic rings. The van der Waals surface area contributed by atoms with Gasteiger partial charge in [0.1, 0.15) is 17.3 Å². The smallest absolute Gasteiger partial charge is 0.193 e. The maximum Gasteiger partial charge on any atom is 0.193 e. The maximum atomic E-state index is 11.4. The molecule has 3 unspecified atom stereocenters. The molecule has 0 aromatic carbocycles. The second-order valence-corrected chi connectivity index (χ2v) is 25.8. The van der Waals surface area contributed by atoms with Gasteiger partial charge in [0.25, 0.3) is 0 Å². The van der Waals surface area contributed by atoms with Gasteiger partial charge in [0.2, 0.25) is 0 Å². The molecule has 0 aromatic rings. The van der Waals surface area contributed by atoms with Crippen molar-refractivity contribution < 1.29 is 18.7 Å². The van der Waals surface area contributed by atoms with Crippen molar-refractivity contribution in [3.8, 4) is 11.8 Å². The first-order chi connectivity index (χ1) is 17.8. The molecular formula is C33H58O4Si2. The van der Waals surface area contributed by atoms with Crippen molar-refractivity contribution in [1.82, 2.24) is 0 Å². The molecule has 4 rings (SSSR count). The number of hydrogen-bond acceptors (Lipinski definition) is 4. The lowest BCUT2D eigenvalue weighted by atomic mass is 9.48. The van der Waals surface area contributed by atoms with E-state index in [1.165, 1.54) is 19.3 Å². The van der Waals surface area contributed by atoms with Gasteiger partial charge in [-0.15, -0.1) is 6.58 Å². The highest BCUT2D eigenvalue weighted by Gasteiger charge is 2.69. The average molecular weight is 575 g/mol. The Kier molecular flexibility index (Phi) is 8.39. The highest BCUT2D eigenvalue weighted by atomic mass is 28.4. The van der Waals surface area contributed by atoms with Gasteiger partial charge in [0.15, 0.2) is 16.6 Å². The Balaban J connectivity index is 1.66. The maximum absolute atomic E-state index is 11.4. The minimum atomic E-state index is -2.01. The van der Waals surface area contributed by atoms with Crippen LogP contribution in [0.2, 0.25) is 36.3 Å². The molecule has 0 aliphatic heterocycles. The van der Waals surface area contributed by atoms with Crippen molar-refractivity contribution in [1.29, 1.82) is 0 Å². The van der Waals surface area contributed by atoms with Crippen molar-refractivity contribution in [2.45, 2.75) is 146 Å². The Hall–Kier alpha value is -0.426. The number of fused-ring (bicyclic) bond motifs is 2. The van der Waals surface area contributed by atoms with E-state index in [4.69, 9.17) is 13.6 Å². The lowest BCUT2D eigenvalue weighted by Gasteiger charge is -2.64. The standard InChI is InChI=1S/C33H58O4Si2/c1-13-32(34)22-28-26(29(19-20-33(28,32)35-8)37-39(11,12)31(5,6)7)18-17-23(36-38(9,10)30(2,3)4)21-27-24-15-14-16-25(24)27/h13,23-29,34H,1,14-16,19-22H2,2-12H3/t23-,24?,25?,26-,27?,28-,29-,32?,33-/m1/s1. The summed E-state index contributed by atoms with van der Waals surface area (Å²) in [5.41, 5.74) is -1.64. The van der Waals surface area contributed by atoms with Gasteiger partial charge in [0, 0.05) is 13.0 Å². The summed E-state index contributed by atoms with van der Waals surface area (Å²) in [5.74, 6) is 10.2. The van der Waals surface area contributed by atoms with Crippen LogP contribution in [0, 0.1) is 41.4 Å². The van der Waals surface area contributed by atoms with Gasteiger partial charge >= 0.3 is 0 Å². The Bertz CT molecular complexity index is 972. The number of methoxy groups -OCH3 is 1. The van der Waals surface area contributed by atoms with E-state index in [-0.39, 0.29) is 34.1 Å². The van der Waals surface area contributed by atoms with Crippen LogP contribution in [0.15, 0.2) is 12.7 Å². The normalized spacial score (nSPS) is 39.1. The zero-order valence-corrected chi connectivity index (χ0v) is 28.9. The fourth-order valence-corrected chi connectivity index (χ4v) is 10.1. The van der Waals surface area contributed by atoms with Crippen LogP contribution >= 0.6 is 0 Å². The minimum Gasteiger partial charge on any atom is -0.413 e. The summed E-state index contributed by atoms with van der Waals surface area (Å²) >= 11 is 0. The summed E-state index contributed by atoms with van der Waals surface area (Å²) in [5, 5.41) is 11.7. The van der Waals surface area contributed by atoms with E-state index in [1.807, 2.05) is 0 Å². The number of ether oxygens (including phenoxy) is 1. The first-order valence-electron chi connectivity index (χ1n) is 15.6. The molecule has 0 spiro atoms. The van der Waals surface area contributed by atoms with Crippen LogP contribution < -0.4 is 0 Å². The van der Waals surface area contributed by atoms with Crippen LogP contribution in [0.5, 0.6) is 0 Å². The fourth-order valence-electron chi connectivity index (χ4n) is 7.47. The van der Waals surface area contributed by atoms with Gasteiger partial charge in [-0.1, -0.05) is 65.9 Å². The van der Waals surface area contributed by atoms with E-state index in [2.05, 4.69) is 86.2 Å². The van der Waals surface area contributed by atoms with Crippen LogP contribution in [-0.2, 0) is 13.6 Å². The predicted octanol–water partition coefficient (Wildman–Crippen LogP) is 7.94. The molecule has 4 saturated carbocycles. The largest absolute Gasteiger partial charge is 0.413 e. The van der Waals surface area contributed by atoms with Crippen molar-refractivity contribution in [3.05, 3.63) is 12.7 Å². The van der Waals surface area contributed by atoms with Crippen LogP contribution in [0.3, 0.4) is 0 Å². The van der Waals surface area contributed by atoms with E-state index < -0.39 is 27.8 Å². The Morgan fingerprint density at radius 1 is 1.00 bits per heavy atom. The van der Waals surface area contributed by atoms with Crippen molar-refractivity contribution in [3.63, 3.8) is 0 Å². The minimum absolute atomic E-state index is 0.0114. The number of rotatable bonds is 8. The third-order valence-electron chi connectivity index (χ3n) is 12.2. The lowest BCUT2D eigenvalue weighted by molar-refractivity contribution is -0.283. The molecule has 4 fully saturated rings. The summed E-state index contributed by atoms with van der Waals surface area (Å²) in [4.78, 5) is 0. The third-order valence-corrected chi connectivity index (χ3v) is 21.2. The molecule has 0 bridgehead atoms. The first-order valence-corrected chi connectivity index (χ1v) is 21.4. The Labute approximate surface area is 242 Å². The summed E-state index contributed by atoms with van der Waals surface area (Å²) in [6, 6.07) is 0. The molecule has 4 nitrogen and oxygen atoms in total. The van der Waals surface area contributed by atoms with Crippen LogP contribution in [0.1, 0.15) is 86.5 Å². The zero-order valence-electron chi connectivity index (χ0n) is 26.9. The Morgan fingerprint density at radius 3 is 2.10 bits per heavy atom. The quantitative estimate of drug-likeness (QED) is 0.182. The van der Waals surface area contributed by atoms with E-state index in [0.29, 0.717) is 6.42 Å². The molecule has 6 heteroatoms. The lowest BCUT2D eigenvalue weighted by Crippen LogP contribution is -2.74. The zero-order chi connectivity index (χ0) is 29.2. The van der Waals surface area contributed by atoms with Crippen molar-refractivity contribution in [2.24, 2.45) is 29.6 Å². The fraction of sp³-hybridized carbons (Fsp3) is 0.879.